The lowest BCUT2D eigenvalue weighted by atomic mass is 10.2. The van der Waals surface area contributed by atoms with Gasteiger partial charge in [0, 0.05) is 13.6 Å². The van der Waals surface area contributed by atoms with E-state index in [0.29, 0.717) is 0 Å². The molecular weight excluding hydrogens is 248 g/mol. The summed E-state index contributed by atoms with van der Waals surface area (Å²) in [7, 11) is 2.09. The molecule has 0 saturated carbocycles. The Morgan fingerprint density at radius 3 is 2.29 bits per heavy atom. The average Bonchev–Trinajstić information content (AvgIpc) is 2.33. The van der Waals surface area contributed by atoms with Gasteiger partial charge in [-0.3, -0.25) is 0 Å². The van der Waals surface area contributed by atoms with Gasteiger partial charge in [0.15, 0.2) is 0 Å². The summed E-state index contributed by atoms with van der Waals surface area (Å²) in [6, 6.07) is 2.00. The summed E-state index contributed by atoms with van der Waals surface area (Å²) < 4.78 is 1.70. The summed E-state index contributed by atoms with van der Waals surface area (Å²) in [4.78, 5) is 4.71. The molecule has 0 aliphatic carbocycles. The number of nitrogens with zero attached hydrogens (tertiary/aromatic N) is 2. The third-order valence-corrected chi connectivity index (χ3v) is 3.97. The molecule has 4 heteroatoms. The van der Waals surface area contributed by atoms with Crippen LogP contribution in [-0.2, 0) is 0 Å². The molecule has 0 amide bonds. The van der Waals surface area contributed by atoms with Crippen molar-refractivity contribution in [2.45, 2.75) is 26.7 Å². The molecule has 0 saturated heterocycles. The van der Waals surface area contributed by atoms with Gasteiger partial charge in [0.25, 0.3) is 0 Å². The minimum atomic E-state index is 0.836. The van der Waals surface area contributed by atoms with Gasteiger partial charge >= 0.3 is 0 Å². The monoisotopic (exact) mass is 270 g/mol. The summed E-state index contributed by atoms with van der Waals surface area (Å²) in [5.41, 5.74) is 1.14. The predicted molar refractivity (Wildman–Crippen MR) is 80.8 cm³/mol. The van der Waals surface area contributed by atoms with Gasteiger partial charge in [0.05, 0.1) is 14.7 Å². The molecule has 0 unspecified atom stereocenters. The summed E-state index contributed by atoms with van der Waals surface area (Å²) in [5.74, 6) is 0. The molecular formula is C13H22N2S2. The van der Waals surface area contributed by atoms with Crippen molar-refractivity contribution in [3.8, 4) is 0 Å². The molecule has 0 fully saturated rings. The SMILES string of the molecule is CCCN(CC)CCCN(C)c1cc(=S)c1=S. The number of anilines is 1. The first-order chi connectivity index (χ1) is 8.10. The van der Waals surface area contributed by atoms with Crippen molar-refractivity contribution in [2.24, 2.45) is 0 Å². The minimum Gasteiger partial charge on any atom is -0.373 e. The van der Waals surface area contributed by atoms with Crippen molar-refractivity contribution in [2.75, 3.05) is 38.1 Å². The summed E-state index contributed by atoms with van der Waals surface area (Å²) in [5, 5.41) is 0. The second-order valence-corrected chi connectivity index (χ2v) is 5.28. The van der Waals surface area contributed by atoms with Crippen molar-refractivity contribution in [3.05, 3.63) is 15.1 Å². The first-order valence-corrected chi connectivity index (χ1v) is 7.15. The largest absolute Gasteiger partial charge is 0.373 e. The van der Waals surface area contributed by atoms with Crippen LogP contribution < -0.4 is 4.90 Å². The summed E-state index contributed by atoms with van der Waals surface area (Å²) in [6.45, 7) is 9.01. The lowest BCUT2D eigenvalue weighted by Gasteiger charge is -2.24. The quantitative estimate of drug-likeness (QED) is 0.666. The fraction of sp³-hybridized carbons (Fsp3) is 0.692. The average molecular weight is 270 g/mol. The van der Waals surface area contributed by atoms with Gasteiger partial charge in [-0.1, -0.05) is 38.3 Å². The maximum atomic E-state index is 5.21. The topological polar surface area (TPSA) is 6.48 Å². The molecule has 96 valence electrons. The zero-order chi connectivity index (χ0) is 12.8. The smallest absolute Gasteiger partial charge is 0.0792 e. The van der Waals surface area contributed by atoms with E-state index >= 15 is 0 Å². The lowest BCUT2D eigenvalue weighted by molar-refractivity contribution is 0.286. The van der Waals surface area contributed by atoms with Crippen molar-refractivity contribution in [1.29, 1.82) is 0 Å². The van der Waals surface area contributed by atoms with Crippen LogP contribution in [0.15, 0.2) is 6.07 Å². The van der Waals surface area contributed by atoms with Crippen LogP contribution in [0.1, 0.15) is 26.7 Å². The van der Waals surface area contributed by atoms with Crippen molar-refractivity contribution in [3.63, 3.8) is 0 Å². The van der Waals surface area contributed by atoms with E-state index in [2.05, 4.69) is 30.7 Å². The fourth-order valence-corrected chi connectivity index (χ4v) is 2.47. The van der Waals surface area contributed by atoms with Crippen LogP contribution in [0.5, 0.6) is 0 Å². The van der Waals surface area contributed by atoms with Crippen LogP contribution >= 0.6 is 24.4 Å². The molecule has 2 nitrogen and oxygen atoms in total. The molecule has 0 bridgehead atoms. The first-order valence-electron chi connectivity index (χ1n) is 6.34. The standard InChI is InChI=1S/C13H22N2S2/c1-4-7-15(5-2)9-6-8-14(3)11-10-12(16)13(11)17/h10H,4-9H2,1-3H3. The normalized spacial score (nSPS) is 11.3. The highest BCUT2D eigenvalue weighted by molar-refractivity contribution is 7.74. The predicted octanol–water partition coefficient (Wildman–Crippen LogP) is 3.58. The van der Waals surface area contributed by atoms with E-state index in [4.69, 9.17) is 24.4 Å². The fourth-order valence-electron chi connectivity index (χ4n) is 1.98. The lowest BCUT2D eigenvalue weighted by Crippen LogP contribution is -2.29. The van der Waals surface area contributed by atoms with Crippen LogP contribution in [0, 0.1) is 9.02 Å². The molecule has 0 radical (unpaired) electrons. The van der Waals surface area contributed by atoms with E-state index in [1.807, 2.05) is 6.07 Å². The number of rotatable bonds is 8. The Kier molecular flexibility index (Phi) is 6.23. The molecule has 0 aliphatic heterocycles. The Balaban J connectivity index is 2.30. The van der Waals surface area contributed by atoms with E-state index in [1.165, 1.54) is 25.9 Å². The Hall–Kier alpha value is -0.320. The van der Waals surface area contributed by atoms with Gasteiger partial charge in [0.1, 0.15) is 0 Å². The summed E-state index contributed by atoms with van der Waals surface area (Å²) >= 11 is 10.3. The van der Waals surface area contributed by atoms with Crippen LogP contribution in [0.4, 0.5) is 5.69 Å². The third-order valence-electron chi connectivity index (χ3n) is 3.09. The van der Waals surface area contributed by atoms with Gasteiger partial charge in [-0.05, 0) is 38.5 Å². The van der Waals surface area contributed by atoms with Crippen LogP contribution in [0.2, 0.25) is 0 Å². The molecule has 17 heavy (non-hydrogen) atoms. The van der Waals surface area contributed by atoms with Crippen LogP contribution in [0.25, 0.3) is 0 Å². The van der Waals surface area contributed by atoms with Gasteiger partial charge in [-0.2, -0.15) is 0 Å². The molecule has 1 rings (SSSR count). The Labute approximate surface area is 115 Å². The zero-order valence-electron chi connectivity index (χ0n) is 11.0. The van der Waals surface area contributed by atoms with Gasteiger partial charge in [-0.15, -0.1) is 0 Å². The van der Waals surface area contributed by atoms with Gasteiger partial charge in [0.2, 0.25) is 0 Å². The second kappa shape index (κ2) is 7.19. The highest BCUT2D eigenvalue weighted by Gasteiger charge is 2.08. The molecule has 0 atom stereocenters. The number of hydrogen-bond donors (Lipinski definition) is 0. The van der Waals surface area contributed by atoms with Crippen molar-refractivity contribution < 1.29 is 0 Å². The molecule has 1 aromatic carbocycles. The maximum absolute atomic E-state index is 5.21. The first kappa shape index (κ1) is 14.7. The number of hydrogen-bond acceptors (Lipinski definition) is 4. The second-order valence-electron chi connectivity index (χ2n) is 4.43. The third kappa shape index (κ3) is 4.12. The molecule has 0 aliphatic rings. The van der Waals surface area contributed by atoms with E-state index in [1.54, 1.807) is 0 Å². The minimum absolute atomic E-state index is 0.836. The highest BCUT2D eigenvalue weighted by Crippen LogP contribution is 2.21. The van der Waals surface area contributed by atoms with E-state index < -0.39 is 0 Å². The zero-order valence-corrected chi connectivity index (χ0v) is 12.7. The Bertz CT molecular complexity index is 407. The van der Waals surface area contributed by atoms with Crippen molar-refractivity contribution >= 4 is 30.1 Å². The van der Waals surface area contributed by atoms with Crippen molar-refractivity contribution in [1.82, 2.24) is 4.90 Å². The molecule has 0 aromatic heterocycles. The molecule has 1 aromatic rings. The van der Waals surface area contributed by atoms with E-state index in [0.717, 1.165) is 27.8 Å². The van der Waals surface area contributed by atoms with E-state index in [9.17, 15) is 0 Å². The highest BCUT2D eigenvalue weighted by atomic mass is 32.1. The summed E-state index contributed by atoms with van der Waals surface area (Å²) in [6.07, 6.45) is 2.41. The van der Waals surface area contributed by atoms with E-state index in [-0.39, 0.29) is 0 Å². The van der Waals surface area contributed by atoms with Crippen LogP contribution in [-0.4, -0.2) is 38.1 Å². The van der Waals surface area contributed by atoms with Gasteiger partial charge < -0.3 is 9.80 Å². The molecule has 0 spiro atoms. The van der Waals surface area contributed by atoms with Crippen LogP contribution in [0.3, 0.4) is 0 Å². The Morgan fingerprint density at radius 2 is 1.82 bits per heavy atom. The Morgan fingerprint density at radius 1 is 1.12 bits per heavy atom. The maximum Gasteiger partial charge on any atom is 0.0792 e. The molecule has 0 heterocycles. The molecule has 0 N–H and O–H groups in total. The van der Waals surface area contributed by atoms with Gasteiger partial charge in [-0.25, -0.2) is 0 Å².